The van der Waals surface area contributed by atoms with E-state index < -0.39 is 35.9 Å². The zero-order chi connectivity index (χ0) is 29.6. The number of hydrogen-bond donors (Lipinski definition) is 4. The third-order valence-corrected chi connectivity index (χ3v) is 7.11. The minimum atomic E-state index is -1.17. The van der Waals surface area contributed by atoms with Crippen LogP contribution in [-0.4, -0.2) is 41.0 Å². The second-order valence-corrected chi connectivity index (χ2v) is 10.2. The Bertz CT molecular complexity index is 1610. The Hall–Kier alpha value is -5.15. The quantitative estimate of drug-likeness (QED) is 0.222. The summed E-state index contributed by atoms with van der Waals surface area (Å²) in [7, 11) is 0. The van der Waals surface area contributed by atoms with Gasteiger partial charge in [0, 0.05) is 29.1 Å². The maximum absolute atomic E-state index is 13.6. The summed E-state index contributed by atoms with van der Waals surface area (Å²) in [6.07, 6.45) is 0.353. The van der Waals surface area contributed by atoms with Gasteiger partial charge >= 0.3 is 12.0 Å². The van der Waals surface area contributed by atoms with Crippen molar-refractivity contribution in [1.29, 1.82) is 0 Å². The van der Waals surface area contributed by atoms with Gasteiger partial charge in [-0.3, -0.25) is 14.5 Å². The lowest BCUT2D eigenvalue weighted by Crippen LogP contribution is -2.53. The molecule has 9 nitrogen and oxygen atoms in total. The Morgan fingerprint density at radius 2 is 1.52 bits per heavy atom. The Morgan fingerprint density at radius 3 is 2.17 bits per heavy atom. The van der Waals surface area contributed by atoms with Gasteiger partial charge in [-0.2, -0.15) is 0 Å². The van der Waals surface area contributed by atoms with E-state index in [0.717, 1.165) is 11.1 Å². The number of carbonyl (C=O) groups excluding carboxylic acids is 3. The lowest BCUT2D eigenvalue weighted by Gasteiger charge is -2.36. The molecule has 2 atom stereocenters. The fraction of sp³-hybridized carbons (Fsp3) is 0.125. The first-order chi connectivity index (χ1) is 20.3. The molecule has 5 rings (SSSR count). The van der Waals surface area contributed by atoms with Crippen LogP contribution in [-0.2, 0) is 22.4 Å². The van der Waals surface area contributed by atoms with Crippen LogP contribution in [0.4, 0.5) is 21.9 Å². The van der Waals surface area contributed by atoms with Crippen molar-refractivity contribution in [3.05, 3.63) is 125 Å². The monoisotopic (exact) mass is 582 g/mol. The van der Waals surface area contributed by atoms with Gasteiger partial charge in [0.2, 0.25) is 5.91 Å². The molecular weight excluding hydrogens is 556 g/mol. The van der Waals surface area contributed by atoms with Crippen LogP contribution in [0, 0.1) is 0 Å². The number of fused-ring (bicyclic) bond motifs is 1. The van der Waals surface area contributed by atoms with Gasteiger partial charge in [0.05, 0.1) is 11.4 Å². The molecule has 0 fully saturated rings. The number of carboxylic acid groups (broad SMARTS) is 1. The third-order valence-electron chi connectivity index (χ3n) is 6.86. The molecule has 1 heterocycles. The number of nitrogens with zero attached hydrogens (tertiary/aromatic N) is 1. The number of carboxylic acids is 1. The first-order valence-electron chi connectivity index (χ1n) is 13.2. The molecule has 212 valence electrons. The van der Waals surface area contributed by atoms with Crippen molar-refractivity contribution in [1.82, 2.24) is 5.32 Å². The highest BCUT2D eigenvalue weighted by molar-refractivity contribution is 6.30. The van der Waals surface area contributed by atoms with Crippen molar-refractivity contribution >= 4 is 52.5 Å². The fourth-order valence-electron chi connectivity index (χ4n) is 4.77. The SMILES string of the molecule is O=C(NC(Cc1ccccc1)C(=O)O)c1ccc2c(c1)NC(=O)C(Cc1ccccc1)N2C(=O)Nc1ccc(Cl)cc1. The highest BCUT2D eigenvalue weighted by Gasteiger charge is 2.37. The summed E-state index contributed by atoms with van der Waals surface area (Å²) in [4.78, 5) is 53.4. The predicted molar refractivity (Wildman–Crippen MR) is 161 cm³/mol. The summed E-state index contributed by atoms with van der Waals surface area (Å²) in [6, 6.07) is 26.8. The molecule has 4 N–H and O–H groups in total. The van der Waals surface area contributed by atoms with E-state index in [2.05, 4.69) is 16.0 Å². The number of amides is 4. The van der Waals surface area contributed by atoms with Crippen LogP contribution in [0.1, 0.15) is 21.5 Å². The van der Waals surface area contributed by atoms with E-state index >= 15 is 0 Å². The van der Waals surface area contributed by atoms with Crippen LogP contribution in [0.3, 0.4) is 0 Å². The highest BCUT2D eigenvalue weighted by atomic mass is 35.5. The molecule has 4 aromatic rings. The Balaban J connectivity index is 1.43. The molecule has 10 heteroatoms. The summed E-state index contributed by atoms with van der Waals surface area (Å²) in [5.41, 5.74) is 2.88. The van der Waals surface area contributed by atoms with Gasteiger partial charge in [0.1, 0.15) is 12.1 Å². The van der Waals surface area contributed by atoms with Gasteiger partial charge in [0.25, 0.3) is 5.91 Å². The van der Waals surface area contributed by atoms with Crippen LogP contribution < -0.4 is 20.9 Å². The number of urea groups is 1. The summed E-state index contributed by atoms with van der Waals surface area (Å²) in [5, 5.41) is 18.4. The average molecular weight is 583 g/mol. The summed E-state index contributed by atoms with van der Waals surface area (Å²) in [5.74, 6) is -2.23. The lowest BCUT2D eigenvalue weighted by molar-refractivity contribution is -0.139. The summed E-state index contributed by atoms with van der Waals surface area (Å²) in [6.45, 7) is 0. The third kappa shape index (κ3) is 6.59. The zero-order valence-corrected chi connectivity index (χ0v) is 23.0. The number of halogens is 1. The van der Waals surface area contributed by atoms with E-state index in [-0.39, 0.29) is 24.1 Å². The largest absolute Gasteiger partial charge is 0.480 e. The predicted octanol–water partition coefficient (Wildman–Crippen LogP) is 5.37. The Labute approximate surface area is 247 Å². The van der Waals surface area contributed by atoms with Crippen molar-refractivity contribution in [2.45, 2.75) is 24.9 Å². The Kier molecular flexibility index (Phi) is 8.50. The number of anilines is 3. The van der Waals surface area contributed by atoms with E-state index in [1.807, 2.05) is 36.4 Å². The van der Waals surface area contributed by atoms with Crippen molar-refractivity contribution in [3.63, 3.8) is 0 Å². The highest BCUT2D eigenvalue weighted by Crippen LogP contribution is 2.35. The van der Waals surface area contributed by atoms with E-state index in [1.54, 1.807) is 54.6 Å². The maximum Gasteiger partial charge on any atom is 0.327 e. The summed E-state index contributed by atoms with van der Waals surface area (Å²) >= 11 is 5.98. The Morgan fingerprint density at radius 1 is 0.881 bits per heavy atom. The van der Waals surface area contributed by atoms with Crippen LogP contribution in [0.2, 0.25) is 5.02 Å². The smallest absolute Gasteiger partial charge is 0.327 e. The lowest BCUT2D eigenvalue weighted by atomic mass is 9.99. The first kappa shape index (κ1) is 28.4. The average Bonchev–Trinajstić information content (AvgIpc) is 2.99. The number of hydrogen-bond acceptors (Lipinski definition) is 4. The standard InChI is InChI=1S/C32H27ClN4O5/c33-23-12-14-24(15-13-23)34-32(42)37-27-16-11-22(29(38)36-26(31(40)41)17-20-7-3-1-4-8-20)19-25(27)35-30(39)28(37)18-21-9-5-2-6-10-21/h1-16,19,26,28H,17-18H2,(H,34,42)(H,35,39)(H,36,38)(H,40,41). The molecule has 1 aliphatic rings. The molecular formula is C32H27ClN4O5. The van der Waals surface area contributed by atoms with Gasteiger partial charge < -0.3 is 21.1 Å². The topological polar surface area (TPSA) is 128 Å². The molecule has 0 saturated carbocycles. The van der Waals surface area contributed by atoms with Gasteiger partial charge in [0.15, 0.2) is 0 Å². The van der Waals surface area contributed by atoms with Crippen molar-refractivity contribution in [2.24, 2.45) is 0 Å². The number of nitrogens with one attached hydrogen (secondary N) is 3. The molecule has 4 aromatic carbocycles. The van der Waals surface area contributed by atoms with E-state index in [9.17, 15) is 24.3 Å². The summed E-state index contributed by atoms with van der Waals surface area (Å²) < 4.78 is 0. The fourth-order valence-corrected chi connectivity index (χ4v) is 4.90. The molecule has 2 unspecified atom stereocenters. The van der Waals surface area contributed by atoms with E-state index in [1.165, 1.54) is 17.0 Å². The second-order valence-electron chi connectivity index (χ2n) is 9.79. The molecule has 42 heavy (non-hydrogen) atoms. The van der Waals surface area contributed by atoms with Crippen molar-refractivity contribution in [3.8, 4) is 0 Å². The minimum Gasteiger partial charge on any atom is -0.480 e. The second kappa shape index (κ2) is 12.6. The molecule has 0 bridgehead atoms. The van der Waals surface area contributed by atoms with Crippen LogP contribution in [0.5, 0.6) is 0 Å². The number of benzene rings is 4. The number of aliphatic carboxylic acids is 1. The van der Waals surface area contributed by atoms with Crippen LogP contribution in [0.25, 0.3) is 0 Å². The maximum atomic E-state index is 13.6. The van der Waals surface area contributed by atoms with Gasteiger partial charge in [-0.1, -0.05) is 72.3 Å². The van der Waals surface area contributed by atoms with E-state index in [4.69, 9.17) is 11.6 Å². The molecule has 4 amide bonds. The molecule has 0 saturated heterocycles. The van der Waals surface area contributed by atoms with Gasteiger partial charge in [-0.15, -0.1) is 0 Å². The zero-order valence-electron chi connectivity index (χ0n) is 22.3. The van der Waals surface area contributed by atoms with Crippen LogP contribution in [0.15, 0.2) is 103 Å². The molecule has 0 aromatic heterocycles. The first-order valence-corrected chi connectivity index (χ1v) is 13.6. The normalized spacial score (nSPS) is 14.7. The van der Waals surface area contributed by atoms with E-state index in [0.29, 0.717) is 16.4 Å². The molecule has 0 radical (unpaired) electrons. The molecule has 0 aliphatic carbocycles. The molecule has 0 spiro atoms. The molecule has 1 aliphatic heterocycles. The van der Waals surface area contributed by atoms with Crippen molar-refractivity contribution in [2.75, 3.05) is 15.5 Å². The van der Waals surface area contributed by atoms with Crippen molar-refractivity contribution < 1.29 is 24.3 Å². The van der Waals surface area contributed by atoms with Gasteiger partial charge in [-0.05, 0) is 53.6 Å². The van der Waals surface area contributed by atoms with Crippen LogP contribution >= 0.6 is 11.6 Å². The minimum absolute atomic E-state index is 0.101. The number of rotatable bonds is 8. The number of carbonyl (C=O) groups is 4. The van der Waals surface area contributed by atoms with Gasteiger partial charge in [-0.25, -0.2) is 9.59 Å².